The number of thioether (sulfide) groups is 1. The fourth-order valence-electron chi connectivity index (χ4n) is 3.28. The van der Waals surface area contributed by atoms with Gasteiger partial charge in [-0.25, -0.2) is 14.7 Å². The molecule has 2 N–H and O–H groups in total. The van der Waals surface area contributed by atoms with E-state index in [0.717, 1.165) is 42.7 Å². The quantitative estimate of drug-likeness (QED) is 0.483. The van der Waals surface area contributed by atoms with E-state index >= 15 is 0 Å². The molecule has 3 heterocycles. The van der Waals surface area contributed by atoms with Gasteiger partial charge < -0.3 is 9.72 Å². The largest absolute Gasteiger partial charge is 0.376 e. The Bertz CT molecular complexity index is 996. The first-order valence-corrected chi connectivity index (χ1v) is 9.78. The first-order valence-electron chi connectivity index (χ1n) is 8.79. The van der Waals surface area contributed by atoms with Crippen LogP contribution < -0.4 is 11.4 Å². The zero-order chi connectivity index (χ0) is 17.9. The lowest BCUT2D eigenvalue weighted by atomic mass is 10.2. The Morgan fingerprint density at radius 3 is 2.96 bits per heavy atom. The van der Waals surface area contributed by atoms with Crippen LogP contribution in [0.5, 0.6) is 0 Å². The van der Waals surface area contributed by atoms with Crippen molar-refractivity contribution >= 4 is 22.8 Å². The van der Waals surface area contributed by atoms with Crippen molar-refractivity contribution in [2.75, 3.05) is 12.4 Å². The number of hydrogen-bond donors (Lipinski definition) is 2. The van der Waals surface area contributed by atoms with E-state index in [2.05, 4.69) is 15.2 Å². The maximum absolute atomic E-state index is 12.1. The summed E-state index contributed by atoms with van der Waals surface area (Å²) in [5, 5.41) is 7.32. The highest BCUT2D eigenvalue weighted by molar-refractivity contribution is 7.99. The smallest absolute Gasteiger partial charge is 0.344 e. The molecular formula is C17H21N5O3S. The lowest BCUT2D eigenvalue weighted by Gasteiger charge is -2.11. The SMILES string of the molecule is O=c1[nH]nc(SCCCn2c(=O)[nH]c3ccccc32)n1C[C@H]1CCCO1. The minimum absolute atomic E-state index is 0.0914. The summed E-state index contributed by atoms with van der Waals surface area (Å²) >= 11 is 1.52. The Labute approximate surface area is 153 Å². The van der Waals surface area contributed by atoms with Gasteiger partial charge in [0.05, 0.1) is 23.7 Å². The lowest BCUT2D eigenvalue weighted by Crippen LogP contribution is -2.25. The summed E-state index contributed by atoms with van der Waals surface area (Å²) in [6.07, 6.45) is 2.91. The summed E-state index contributed by atoms with van der Waals surface area (Å²) in [5.41, 5.74) is 1.47. The van der Waals surface area contributed by atoms with Gasteiger partial charge in [0, 0.05) is 18.9 Å². The Balaban J connectivity index is 1.37. The van der Waals surface area contributed by atoms with Crippen LogP contribution >= 0.6 is 11.8 Å². The highest BCUT2D eigenvalue weighted by Crippen LogP contribution is 2.19. The number of para-hydroxylation sites is 2. The van der Waals surface area contributed by atoms with Crippen LogP contribution in [-0.2, 0) is 17.8 Å². The average molecular weight is 375 g/mol. The predicted molar refractivity (Wildman–Crippen MR) is 99.7 cm³/mol. The number of fused-ring (bicyclic) bond motifs is 1. The molecule has 1 fully saturated rings. The van der Waals surface area contributed by atoms with Crippen LogP contribution in [0.25, 0.3) is 11.0 Å². The van der Waals surface area contributed by atoms with E-state index in [9.17, 15) is 9.59 Å². The van der Waals surface area contributed by atoms with E-state index in [1.165, 1.54) is 11.8 Å². The third-order valence-corrected chi connectivity index (χ3v) is 5.63. The minimum atomic E-state index is -0.198. The molecule has 9 heteroatoms. The van der Waals surface area contributed by atoms with Gasteiger partial charge in [0.1, 0.15) is 0 Å². The molecule has 4 rings (SSSR count). The van der Waals surface area contributed by atoms with E-state index < -0.39 is 0 Å². The molecular weight excluding hydrogens is 354 g/mol. The molecule has 8 nitrogen and oxygen atoms in total. The second-order valence-corrected chi connectivity index (χ2v) is 7.42. The molecule has 1 aliphatic heterocycles. The van der Waals surface area contributed by atoms with Gasteiger partial charge in [0.15, 0.2) is 5.16 Å². The molecule has 0 spiro atoms. The zero-order valence-electron chi connectivity index (χ0n) is 14.3. The van der Waals surface area contributed by atoms with Gasteiger partial charge >= 0.3 is 11.4 Å². The Morgan fingerprint density at radius 1 is 1.23 bits per heavy atom. The number of aromatic amines is 2. The molecule has 1 atom stereocenters. The van der Waals surface area contributed by atoms with Crippen LogP contribution in [-0.4, -0.2) is 42.8 Å². The number of benzene rings is 1. The number of aryl methyl sites for hydroxylation is 1. The van der Waals surface area contributed by atoms with Crippen molar-refractivity contribution in [3.05, 3.63) is 45.2 Å². The van der Waals surface area contributed by atoms with Crippen LogP contribution in [0.4, 0.5) is 0 Å². The lowest BCUT2D eigenvalue weighted by molar-refractivity contribution is 0.0941. The molecule has 26 heavy (non-hydrogen) atoms. The van der Waals surface area contributed by atoms with Crippen LogP contribution in [0.2, 0.25) is 0 Å². The van der Waals surface area contributed by atoms with Crippen molar-refractivity contribution < 1.29 is 4.74 Å². The number of imidazole rings is 1. The number of nitrogens with one attached hydrogen (secondary N) is 2. The first kappa shape index (κ1) is 17.2. The maximum atomic E-state index is 12.1. The minimum Gasteiger partial charge on any atom is -0.376 e. The Kier molecular flexibility index (Phi) is 4.98. The molecule has 3 aromatic rings. The average Bonchev–Trinajstić information content (AvgIpc) is 3.34. The van der Waals surface area contributed by atoms with Crippen molar-refractivity contribution in [3.63, 3.8) is 0 Å². The molecule has 2 aromatic heterocycles. The summed E-state index contributed by atoms with van der Waals surface area (Å²) in [6, 6.07) is 7.67. The summed E-state index contributed by atoms with van der Waals surface area (Å²) in [7, 11) is 0. The van der Waals surface area contributed by atoms with E-state index in [-0.39, 0.29) is 17.5 Å². The van der Waals surface area contributed by atoms with Crippen molar-refractivity contribution in [2.45, 2.75) is 43.6 Å². The third kappa shape index (κ3) is 3.49. The second kappa shape index (κ2) is 7.55. The number of ether oxygens (including phenoxy) is 1. The normalized spacial score (nSPS) is 17.3. The monoisotopic (exact) mass is 375 g/mol. The molecule has 138 valence electrons. The zero-order valence-corrected chi connectivity index (χ0v) is 15.1. The van der Waals surface area contributed by atoms with Gasteiger partial charge in [-0.15, -0.1) is 5.10 Å². The van der Waals surface area contributed by atoms with Crippen LogP contribution in [0.15, 0.2) is 39.0 Å². The highest BCUT2D eigenvalue weighted by atomic mass is 32.2. The molecule has 1 aromatic carbocycles. The van der Waals surface area contributed by atoms with Gasteiger partial charge in [-0.3, -0.25) is 9.13 Å². The Morgan fingerprint density at radius 2 is 2.12 bits per heavy atom. The van der Waals surface area contributed by atoms with Crippen molar-refractivity contribution in [1.82, 2.24) is 24.3 Å². The van der Waals surface area contributed by atoms with Crippen molar-refractivity contribution in [2.24, 2.45) is 0 Å². The molecule has 0 radical (unpaired) electrons. The molecule has 0 saturated carbocycles. The van der Waals surface area contributed by atoms with Crippen LogP contribution in [0.1, 0.15) is 19.3 Å². The van der Waals surface area contributed by atoms with Crippen molar-refractivity contribution in [3.8, 4) is 0 Å². The summed E-state index contributed by atoms with van der Waals surface area (Å²) in [5.74, 6) is 0.766. The van der Waals surface area contributed by atoms with E-state index in [4.69, 9.17) is 4.74 Å². The predicted octanol–water partition coefficient (Wildman–Crippen LogP) is 1.58. The topological polar surface area (TPSA) is 97.7 Å². The van der Waals surface area contributed by atoms with E-state index in [1.54, 1.807) is 9.13 Å². The number of hydrogen-bond acceptors (Lipinski definition) is 5. The fraction of sp³-hybridized carbons (Fsp3) is 0.471. The van der Waals surface area contributed by atoms with Gasteiger partial charge in [-0.05, 0) is 31.4 Å². The maximum Gasteiger partial charge on any atom is 0.344 e. The number of H-pyrrole nitrogens is 2. The first-order chi connectivity index (χ1) is 12.7. The second-order valence-electron chi connectivity index (χ2n) is 6.36. The molecule has 1 aliphatic rings. The number of aromatic nitrogens is 5. The van der Waals surface area contributed by atoms with Gasteiger partial charge in [0.25, 0.3) is 0 Å². The number of nitrogens with zero attached hydrogens (tertiary/aromatic N) is 3. The summed E-state index contributed by atoms with van der Waals surface area (Å²) in [4.78, 5) is 26.9. The number of rotatable bonds is 7. The standard InChI is InChI=1S/C17H21N5O3S/c23-15-18-13-6-1-2-7-14(13)21(15)8-4-10-26-17-20-19-16(24)22(17)11-12-5-3-9-25-12/h1-2,6-7,12H,3-5,8-11H2,(H,18,23)(H,19,24)/t12-/m1/s1. The van der Waals surface area contributed by atoms with E-state index in [0.29, 0.717) is 18.2 Å². The fourth-order valence-corrected chi connectivity index (χ4v) is 4.16. The molecule has 0 amide bonds. The molecule has 1 saturated heterocycles. The van der Waals surface area contributed by atoms with Crippen LogP contribution in [0, 0.1) is 0 Å². The third-order valence-electron chi connectivity index (χ3n) is 4.57. The highest BCUT2D eigenvalue weighted by Gasteiger charge is 2.19. The summed E-state index contributed by atoms with van der Waals surface area (Å²) < 4.78 is 9.01. The molecule has 0 bridgehead atoms. The van der Waals surface area contributed by atoms with Gasteiger partial charge in [-0.1, -0.05) is 23.9 Å². The van der Waals surface area contributed by atoms with Gasteiger partial charge in [-0.2, -0.15) is 0 Å². The summed E-state index contributed by atoms with van der Waals surface area (Å²) in [6.45, 7) is 1.93. The molecule has 0 unspecified atom stereocenters. The molecule has 0 aliphatic carbocycles. The van der Waals surface area contributed by atoms with Crippen LogP contribution in [0.3, 0.4) is 0 Å². The van der Waals surface area contributed by atoms with Gasteiger partial charge in [0.2, 0.25) is 0 Å². The van der Waals surface area contributed by atoms with Crippen molar-refractivity contribution in [1.29, 1.82) is 0 Å². The Hall–Kier alpha value is -2.26. The van der Waals surface area contributed by atoms with E-state index in [1.807, 2.05) is 24.3 Å².